The number of halogens is 1. The number of nitrogens with zero attached hydrogens (tertiary/aromatic N) is 1. The Balaban J connectivity index is 1.92. The maximum Gasteiger partial charge on any atom is 0.267 e. The van der Waals surface area contributed by atoms with Crippen molar-refractivity contribution in [1.29, 1.82) is 0 Å². The highest BCUT2D eigenvalue weighted by molar-refractivity contribution is 7.89. The summed E-state index contributed by atoms with van der Waals surface area (Å²) in [7, 11) is -2.71. The fraction of sp³-hybridized carbons (Fsp3) is 0.300. The molecule has 1 N–H and O–H groups in total. The normalized spacial score (nSPS) is 16.8. The predicted octanol–water partition coefficient (Wildman–Crippen LogP) is 3.28. The molecule has 0 aromatic heterocycles. The SMILES string of the molecule is COc1ccc(S(=O)(=O)N2C(=O)CC[C@@H]2C(=O)Nc2cc(Cl)ccc2C)cc1C. The van der Waals surface area contributed by atoms with E-state index in [0.29, 0.717) is 26.3 Å². The molecule has 3 rings (SSSR count). The van der Waals surface area contributed by atoms with E-state index in [-0.39, 0.29) is 17.7 Å². The standard InChI is InChI=1S/C20H21ClN2O5S/c1-12-4-5-14(21)11-16(12)22-20(25)17-7-9-19(24)23(17)29(26,27)15-6-8-18(28-3)13(2)10-15/h4-6,8,10-11,17H,7,9H2,1-3H3,(H,22,25)/t17-/m1/s1. The van der Waals surface area contributed by atoms with Gasteiger partial charge in [0.1, 0.15) is 11.8 Å². The number of aryl methyl sites for hydroxylation is 2. The molecule has 0 aliphatic carbocycles. The molecule has 1 atom stereocenters. The number of sulfonamides is 1. The molecule has 7 nitrogen and oxygen atoms in total. The van der Waals surface area contributed by atoms with E-state index < -0.39 is 27.9 Å². The molecule has 1 fully saturated rings. The highest BCUT2D eigenvalue weighted by Crippen LogP contribution is 2.31. The Morgan fingerprint density at radius 1 is 1.17 bits per heavy atom. The van der Waals surface area contributed by atoms with Crippen molar-refractivity contribution in [2.24, 2.45) is 0 Å². The predicted molar refractivity (Wildman–Crippen MR) is 110 cm³/mol. The van der Waals surface area contributed by atoms with Crippen molar-refractivity contribution < 1.29 is 22.7 Å². The smallest absolute Gasteiger partial charge is 0.267 e. The number of methoxy groups -OCH3 is 1. The van der Waals surface area contributed by atoms with Crippen LogP contribution in [-0.4, -0.2) is 37.7 Å². The lowest BCUT2D eigenvalue weighted by molar-refractivity contribution is -0.128. The second-order valence-corrected chi connectivity index (χ2v) is 9.08. The van der Waals surface area contributed by atoms with E-state index in [4.69, 9.17) is 16.3 Å². The summed E-state index contributed by atoms with van der Waals surface area (Å²) in [6.45, 7) is 3.50. The van der Waals surface area contributed by atoms with Gasteiger partial charge in [0.15, 0.2) is 0 Å². The number of anilines is 1. The number of carbonyl (C=O) groups is 2. The number of hydrogen-bond donors (Lipinski definition) is 1. The number of nitrogens with one attached hydrogen (secondary N) is 1. The van der Waals surface area contributed by atoms with Crippen LogP contribution < -0.4 is 10.1 Å². The quantitative estimate of drug-likeness (QED) is 0.776. The molecule has 0 spiro atoms. The molecule has 1 heterocycles. The van der Waals surface area contributed by atoms with Crippen LogP contribution in [0.5, 0.6) is 5.75 Å². The van der Waals surface area contributed by atoms with Gasteiger partial charge in [-0.05, 0) is 61.7 Å². The number of amides is 2. The minimum atomic E-state index is -4.20. The molecule has 1 aliphatic heterocycles. The summed E-state index contributed by atoms with van der Waals surface area (Å²) in [5, 5.41) is 3.13. The van der Waals surface area contributed by atoms with Gasteiger partial charge in [-0.2, -0.15) is 0 Å². The van der Waals surface area contributed by atoms with Gasteiger partial charge in [0.25, 0.3) is 10.0 Å². The van der Waals surface area contributed by atoms with E-state index in [1.54, 1.807) is 32.0 Å². The minimum Gasteiger partial charge on any atom is -0.496 e. The summed E-state index contributed by atoms with van der Waals surface area (Å²) in [5.41, 5.74) is 1.85. The van der Waals surface area contributed by atoms with Gasteiger partial charge in [-0.15, -0.1) is 0 Å². The average Bonchev–Trinajstić information content (AvgIpc) is 3.07. The van der Waals surface area contributed by atoms with Crippen molar-refractivity contribution in [2.75, 3.05) is 12.4 Å². The fourth-order valence-corrected chi connectivity index (χ4v) is 5.13. The summed E-state index contributed by atoms with van der Waals surface area (Å²) >= 11 is 5.98. The third kappa shape index (κ3) is 4.09. The van der Waals surface area contributed by atoms with Crippen LogP contribution in [0.1, 0.15) is 24.0 Å². The average molecular weight is 437 g/mol. The molecule has 0 unspecified atom stereocenters. The lowest BCUT2D eigenvalue weighted by atomic mass is 10.1. The maximum absolute atomic E-state index is 13.1. The molecule has 0 bridgehead atoms. The monoisotopic (exact) mass is 436 g/mol. The molecule has 29 heavy (non-hydrogen) atoms. The number of benzene rings is 2. The number of carbonyl (C=O) groups excluding carboxylic acids is 2. The zero-order valence-electron chi connectivity index (χ0n) is 16.2. The van der Waals surface area contributed by atoms with Gasteiger partial charge in [-0.3, -0.25) is 9.59 Å². The van der Waals surface area contributed by atoms with Crippen molar-refractivity contribution in [3.63, 3.8) is 0 Å². The lowest BCUT2D eigenvalue weighted by Crippen LogP contribution is -2.45. The molecule has 0 radical (unpaired) electrons. The zero-order chi connectivity index (χ0) is 21.3. The second-order valence-electron chi connectivity index (χ2n) is 6.83. The van der Waals surface area contributed by atoms with Crippen LogP contribution in [-0.2, 0) is 19.6 Å². The Kier molecular flexibility index (Phi) is 5.86. The summed E-state index contributed by atoms with van der Waals surface area (Å²) in [4.78, 5) is 25.2. The zero-order valence-corrected chi connectivity index (χ0v) is 17.8. The first-order chi connectivity index (χ1) is 13.6. The molecular formula is C20H21ClN2O5S. The van der Waals surface area contributed by atoms with Gasteiger partial charge in [-0.25, -0.2) is 12.7 Å². The van der Waals surface area contributed by atoms with E-state index in [9.17, 15) is 18.0 Å². The van der Waals surface area contributed by atoms with Crippen molar-refractivity contribution in [2.45, 2.75) is 37.6 Å². The molecule has 154 valence electrons. The van der Waals surface area contributed by atoms with Gasteiger partial charge in [-0.1, -0.05) is 17.7 Å². The van der Waals surface area contributed by atoms with Gasteiger partial charge in [0.05, 0.1) is 12.0 Å². The first kappa shape index (κ1) is 21.1. The number of rotatable bonds is 5. The third-order valence-corrected chi connectivity index (χ3v) is 6.90. The van der Waals surface area contributed by atoms with Gasteiger partial charge in [0.2, 0.25) is 11.8 Å². The lowest BCUT2D eigenvalue weighted by Gasteiger charge is -2.24. The summed E-state index contributed by atoms with van der Waals surface area (Å²) in [6.07, 6.45) is 0.0830. The Bertz CT molecular complexity index is 1080. The van der Waals surface area contributed by atoms with Crippen molar-refractivity contribution in [1.82, 2.24) is 4.31 Å². The van der Waals surface area contributed by atoms with Crippen LogP contribution in [0, 0.1) is 13.8 Å². The van der Waals surface area contributed by atoms with Gasteiger partial charge in [0, 0.05) is 17.1 Å². The van der Waals surface area contributed by atoms with Gasteiger partial charge < -0.3 is 10.1 Å². The Labute approximate surface area is 174 Å². The third-order valence-electron chi connectivity index (χ3n) is 4.84. The molecule has 0 saturated carbocycles. The van der Waals surface area contributed by atoms with E-state index in [1.807, 2.05) is 0 Å². The van der Waals surface area contributed by atoms with Gasteiger partial charge >= 0.3 is 0 Å². The number of hydrogen-bond acceptors (Lipinski definition) is 5. The Morgan fingerprint density at radius 2 is 1.90 bits per heavy atom. The molecule has 2 aromatic carbocycles. The molecule has 1 saturated heterocycles. The molecule has 1 aliphatic rings. The summed E-state index contributed by atoms with van der Waals surface area (Å²) in [6, 6.07) is 8.19. The molecule has 2 amide bonds. The number of ether oxygens (including phenoxy) is 1. The molecule has 2 aromatic rings. The second kappa shape index (κ2) is 8.04. The largest absolute Gasteiger partial charge is 0.496 e. The topological polar surface area (TPSA) is 92.8 Å². The Morgan fingerprint density at radius 3 is 2.55 bits per heavy atom. The van der Waals surface area contributed by atoms with Crippen LogP contribution in [0.2, 0.25) is 5.02 Å². The first-order valence-corrected chi connectivity index (χ1v) is 10.8. The van der Waals surface area contributed by atoms with Crippen LogP contribution in [0.15, 0.2) is 41.3 Å². The molecular weight excluding hydrogens is 416 g/mol. The minimum absolute atomic E-state index is 0.0268. The fourth-order valence-electron chi connectivity index (χ4n) is 3.27. The van der Waals surface area contributed by atoms with Crippen LogP contribution >= 0.6 is 11.6 Å². The van der Waals surface area contributed by atoms with E-state index in [2.05, 4.69) is 5.32 Å². The highest BCUT2D eigenvalue weighted by Gasteiger charge is 2.44. The van der Waals surface area contributed by atoms with Crippen LogP contribution in [0.3, 0.4) is 0 Å². The van der Waals surface area contributed by atoms with Crippen molar-refractivity contribution >= 4 is 39.1 Å². The summed E-state index contributed by atoms with van der Waals surface area (Å²) < 4.78 is 32.1. The van der Waals surface area contributed by atoms with E-state index in [1.165, 1.54) is 25.3 Å². The summed E-state index contributed by atoms with van der Waals surface area (Å²) in [5.74, 6) is -0.654. The van der Waals surface area contributed by atoms with Crippen molar-refractivity contribution in [3.05, 3.63) is 52.5 Å². The molecule has 9 heteroatoms. The van der Waals surface area contributed by atoms with Crippen LogP contribution in [0.4, 0.5) is 5.69 Å². The first-order valence-electron chi connectivity index (χ1n) is 8.94. The van der Waals surface area contributed by atoms with E-state index >= 15 is 0 Å². The van der Waals surface area contributed by atoms with Crippen molar-refractivity contribution in [3.8, 4) is 5.75 Å². The highest BCUT2D eigenvalue weighted by atomic mass is 35.5. The van der Waals surface area contributed by atoms with E-state index in [0.717, 1.165) is 5.56 Å². The maximum atomic E-state index is 13.1. The Hall–Kier alpha value is -2.58. The van der Waals surface area contributed by atoms with Crippen LogP contribution in [0.25, 0.3) is 0 Å².